The molecule has 0 aromatic carbocycles. The molecular formula is C12H22N4O2S. The van der Waals surface area contributed by atoms with Gasteiger partial charge in [-0.05, 0) is 26.4 Å². The Labute approximate surface area is 119 Å². The van der Waals surface area contributed by atoms with Gasteiger partial charge in [-0.25, -0.2) is 0 Å². The first-order chi connectivity index (χ1) is 8.95. The molecule has 0 bridgehead atoms. The summed E-state index contributed by atoms with van der Waals surface area (Å²) in [6.45, 7) is 4.43. The summed E-state index contributed by atoms with van der Waals surface area (Å²) in [5, 5.41) is 2.45. The third-order valence-electron chi connectivity index (χ3n) is 3.25. The lowest BCUT2D eigenvalue weighted by atomic mass is 10.2. The summed E-state index contributed by atoms with van der Waals surface area (Å²) in [6, 6.07) is 0.0792. The number of nitrogens with two attached hydrogens (primary N) is 1. The van der Waals surface area contributed by atoms with Gasteiger partial charge in [-0.1, -0.05) is 19.1 Å². The van der Waals surface area contributed by atoms with Crippen molar-refractivity contribution in [3.8, 4) is 0 Å². The monoisotopic (exact) mass is 286 g/mol. The van der Waals surface area contributed by atoms with Gasteiger partial charge in [0.15, 0.2) is 0 Å². The van der Waals surface area contributed by atoms with Crippen molar-refractivity contribution >= 4 is 29.0 Å². The van der Waals surface area contributed by atoms with Crippen molar-refractivity contribution in [1.82, 2.24) is 15.1 Å². The zero-order valence-corrected chi connectivity index (χ0v) is 12.3. The number of carbonyl (C=O) groups excluding carboxylic acids is 2. The molecule has 19 heavy (non-hydrogen) atoms. The van der Waals surface area contributed by atoms with Crippen LogP contribution >= 0.6 is 12.2 Å². The molecule has 1 rings (SSSR count). The minimum atomic E-state index is -0.629. The molecule has 2 amide bonds. The van der Waals surface area contributed by atoms with Gasteiger partial charge >= 0.3 is 11.8 Å². The number of thiocarbonyl (C=S) groups is 1. The van der Waals surface area contributed by atoms with Crippen LogP contribution in [-0.2, 0) is 9.59 Å². The van der Waals surface area contributed by atoms with Gasteiger partial charge in [0.2, 0.25) is 0 Å². The molecule has 1 saturated heterocycles. The highest BCUT2D eigenvalue weighted by atomic mass is 32.1. The number of hydrogen-bond acceptors (Lipinski definition) is 4. The van der Waals surface area contributed by atoms with E-state index in [0.29, 0.717) is 6.54 Å². The lowest BCUT2D eigenvalue weighted by Crippen LogP contribution is -2.50. The summed E-state index contributed by atoms with van der Waals surface area (Å²) >= 11 is 4.67. The minimum absolute atomic E-state index is 0.0600. The summed E-state index contributed by atoms with van der Waals surface area (Å²) in [4.78, 5) is 27.9. The molecular weight excluding hydrogens is 264 g/mol. The zero-order valence-electron chi connectivity index (χ0n) is 11.5. The van der Waals surface area contributed by atoms with E-state index in [1.807, 2.05) is 14.0 Å². The molecule has 1 atom stereocenters. The zero-order chi connectivity index (χ0) is 14.4. The van der Waals surface area contributed by atoms with E-state index in [4.69, 9.17) is 5.73 Å². The number of amides is 2. The van der Waals surface area contributed by atoms with E-state index in [9.17, 15) is 9.59 Å². The highest BCUT2D eigenvalue weighted by Crippen LogP contribution is 2.12. The molecule has 1 aliphatic heterocycles. The summed E-state index contributed by atoms with van der Waals surface area (Å²) < 4.78 is 0. The maximum atomic E-state index is 12.2. The number of likely N-dealkylation sites (N-methyl/N-ethyl adjacent to an activating group) is 1. The molecule has 0 aromatic rings. The molecule has 0 aromatic heterocycles. The Morgan fingerprint density at radius 3 is 2.68 bits per heavy atom. The van der Waals surface area contributed by atoms with E-state index in [-0.39, 0.29) is 17.6 Å². The molecule has 7 heteroatoms. The van der Waals surface area contributed by atoms with E-state index in [0.717, 1.165) is 25.9 Å². The van der Waals surface area contributed by atoms with Crippen LogP contribution in [0.2, 0.25) is 0 Å². The fourth-order valence-corrected chi connectivity index (χ4v) is 2.31. The van der Waals surface area contributed by atoms with Gasteiger partial charge in [0.25, 0.3) is 0 Å². The van der Waals surface area contributed by atoms with Crippen molar-refractivity contribution in [2.24, 2.45) is 5.73 Å². The second-order valence-corrected chi connectivity index (χ2v) is 5.35. The van der Waals surface area contributed by atoms with E-state index in [1.54, 1.807) is 4.90 Å². The average molecular weight is 286 g/mol. The number of carbonyl (C=O) groups is 2. The van der Waals surface area contributed by atoms with Crippen molar-refractivity contribution in [2.45, 2.75) is 25.8 Å². The summed E-state index contributed by atoms with van der Waals surface area (Å²) in [5.41, 5.74) is 5.30. The smallest absolute Gasteiger partial charge is 0.312 e. The largest absolute Gasteiger partial charge is 0.392 e. The van der Waals surface area contributed by atoms with Gasteiger partial charge < -0.3 is 20.9 Å². The molecule has 0 aliphatic carbocycles. The van der Waals surface area contributed by atoms with Gasteiger partial charge in [0, 0.05) is 19.1 Å². The predicted molar refractivity (Wildman–Crippen MR) is 77.7 cm³/mol. The molecule has 0 radical (unpaired) electrons. The van der Waals surface area contributed by atoms with Crippen LogP contribution in [0.15, 0.2) is 0 Å². The number of nitrogens with one attached hydrogen (secondary N) is 1. The highest BCUT2D eigenvalue weighted by molar-refractivity contribution is 7.80. The van der Waals surface area contributed by atoms with Crippen molar-refractivity contribution in [3.05, 3.63) is 0 Å². The first-order valence-electron chi connectivity index (χ1n) is 6.51. The maximum Gasteiger partial charge on any atom is 0.312 e. The van der Waals surface area contributed by atoms with Crippen LogP contribution in [0, 0.1) is 0 Å². The summed E-state index contributed by atoms with van der Waals surface area (Å²) in [6.07, 6.45) is 1.71. The van der Waals surface area contributed by atoms with E-state index in [1.165, 1.54) is 0 Å². The Hall–Kier alpha value is -1.21. The standard InChI is InChI=1S/C12H22N4O2S/c1-3-9-8-15(2)5-4-6-16(9)12(18)11(17)14-7-10(13)19/h9H,3-8H2,1-2H3,(H2,13,19)(H,14,17). The van der Waals surface area contributed by atoms with Crippen molar-refractivity contribution in [1.29, 1.82) is 0 Å². The number of hydrogen-bond donors (Lipinski definition) is 2. The molecule has 3 N–H and O–H groups in total. The van der Waals surface area contributed by atoms with Gasteiger partial charge in [0.1, 0.15) is 0 Å². The molecule has 0 spiro atoms. The Bertz CT molecular complexity index is 362. The van der Waals surface area contributed by atoms with Crippen LogP contribution in [0.3, 0.4) is 0 Å². The topological polar surface area (TPSA) is 78.7 Å². The van der Waals surface area contributed by atoms with Crippen molar-refractivity contribution < 1.29 is 9.59 Å². The number of nitrogens with zero attached hydrogens (tertiary/aromatic N) is 2. The van der Waals surface area contributed by atoms with Crippen LogP contribution in [0.5, 0.6) is 0 Å². The van der Waals surface area contributed by atoms with E-state index >= 15 is 0 Å². The van der Waals surface area contributed by atoms with Gasteiger partial charge in [-0.2, -0.15) is 0 Å². The van der Waals surface area contributed by atoms with Crippen molar-refractivity contribution in [3.63, 3.8) is 0 Å². The van der Waals surface area contributed by atoms with Crippen LogP contribution in [0.4, 0.5) is 0 Å². The van der Waals surface area contributed by atoms with E-state index < -0.39 is 11.8 Å². The normalized spacial score (nSPS) is 20.7. The number of rotatable bonds is 3. The van der Waals surface area contributed by atoms with Crippen LogP contribution in [-0.4, -0.2) is 65.9 Å². The fraction of sp³-hybridized carbons (Fsp3) is 0.750. The van der Waals surface area contributed by atoms with Gasteiger partial charge in [0.05, 0.1) is 11.5 Å². The lowest BCUT2D eigenvalue weighted by Gasteiger charge is -2.29. The predicted octanol–water partition coefficient (Wildman–Crippen LogP) is -0.669. The Kier molecular flexibility index (Phi) is 6.17. The Morgan fingerprint density at radius 2 is 2.11 bits per heavy atom. The lowest BCUT2D eigenvalue weighted by molar-refractivity contribution is -0.147. The molecule has 1 heterocycles. The van der Waals surface area contributed by atoms with Gasteiger partial charge in [-0.15, -0.1) is 0 Å². The fourth-order valence-electron chi connectivity index (χ4n) is 2.23. The van der Waals surface area contributed by atoms with Crippen LogP contribution in [0.1, 0.15) is 19.8 Å². The molecule has 6 nitrogen and oxygen atoms in total. The second kappa shape index (κ2) is 7.40. The third kappa shape index (κ3) is 4.76. The molecule has 1 unspecified atom stereocenters. The third-order valence-corrected chi connectivity index (χ3v) is 3.40. The molecule has 1 fully saturated rings. The minimum Gasteiger partial charge on any atom is -0.392 e. The van der Waals surface area contributed by atoms with Crippen molar-refractivity contribution in [2.75, 3.05) is 33.2 Å². The highest BCUT2D eigenvalue weighted by Gasteiger charge is 2.29. The SMILES string of the molecule is CCC1CN(C)CCCN1C(=O)C(=O)NCC(N)=S. The molecule has 1 aliphatic rings. The maximum absolute atomic E-state index is 12.2. The van der Waals surface area contributed by atoms with Crippen LogP contribution < -0.4 is 11.1 Å². The average Bonchev–Trinajstić information content (AvgIpc) is 2.56. The molecule has 108 valence electrons. The van der Waals surface area contributed by atoms with Crippen LogP contribution in [0.25, 0.3) is 0 Å². The first-order valence-corrected chi connectivity index (χ1v) is 6.92. The second-order valence-electron chi connectivity index (χ2n) is 4.83. The van der Waals surface area contributed by atoms with Gasteiger partial charge in [-0.3, -0.25) is 9.59 Å². The quantitative estimate of drug-likeness (QED) is 0.531. The summed E-state index contributed by atoms with van der Waals surface area (Å²) in [5.74, 6) is -1.12. The molecule has 0 saturated carbocycles. The Morgan fingerprint density at radius 1 is 1.42 bits per heavy atom. The first kappa shape index (κ1) is 15.8. The summed E-state index contributed by atoms with van der Waals surface area (Å²) in [7, 11) is 2.03. The van der Waals surface area contributed by atoms with E-state index in [2.05, 4.69) is 22.4 Å². The Balaban J connectivity index is 2.66.